The SMILES string of the molecule is C=CCC(/C(=C\C)OP(Oc1ccccc1C(C)(C)C)Oc1cccc2c1C(=O)c1c(cccc1OP(Oc1ccccc1C(C)(C)C)Oc1ccccc1C(C)(C)C)C2)C(C)(C)C. The molecule has 2 unspecified atom stereocenters. The van der Waals surface area contributed by atoms with Crippen LogP contribution in [0.2, 0.25) is 0 Å². The fraction of sp³-hybridized carbons (Fsp3) is 0.364. The molecule has 338 valence electrons. The van der Waals surface area contributed by atoms with E-state index in [0.29, 0.717) is 52.7 Å². The van der Waals surface area contributed by atoms with E-state index < -0.39 is 17.2 Å². The molecule has 0 bridgehead atoms. The van der Waals surface area contributed by atoms with E-state index in [1.54, 1.807) is 0 Å². The summed E-state index contributed by atoms with van der Waals surface area (Å²) < 4.78 is 40.8. The van der Waals surface area contributed by atoms with Gasteiger partial charge in [-0.05, 0) is 89.0 Å². The van der Waals surface area contributed by atoms with Crippen molar-refractivity contribution < 1.29 is 31.9 Å². The van der Waals surface area contributed by atoms with Crippen molar-refractivity contribution in [2.24, 2.45) is 11.3 Å². The molecule has 0 fully saturated rings. The number of hydrogen-bond acceptors (Lipinski definition) is 7. The average Bonchev–Trinajstić information content (AvgIpc) is 3.21. The molecule has 0 aliphatic heterocycles. The Labute approximate surface area is 385 Å². The predicted molar refractivity (Wildman–Crippen MR) is 264 cm³/mol. The molecule has 0 heterocycles. The van der Waals surface area contributed by atoms with Gasteiger partial charge in [0.1, 0.15) is 34.5 Å². The predicted octanol–water partition coefficient (Wildman–Crippen LogP) is 16.3. The molecular weight excluding hydrogens is 835 g/mol. The second kappa shape index (κ2) is 19.6. The number of fused-ring (bicyclic) bond motifs is 2. The minimum Gasteiger partial charge on any atom is -0.413 e. The number of allylic oxidation sites excluding steroid dienone is 3. The molecule has 5 aromatic rings. The first-order valence-corrected chi connectivity index (χ1v) is 24.3. The third-order valence-corrected chi connectivity index (χ3v) is 13.4. The Morgan fingerprint density at radius 3 is 1.28 bits per heavy atom. The van der Waals surface area contributed by atoms with Gasteiger partial charge >= 0.3 is 17.2 Å². The number of hydrogen-bond donors (Lipinski definition) is 0. The standard InChI is InChI=1S/C55H66O7P2/c1-15-25-39(52(3,4)5)43(16-2)57-63(58-44-31-20-17-28-40(44)53(6,7)8)61-47-34-23-26-37-36-38-27-24-35-48(50(38)51(56)49(37)47)62-64(59-45-32-21-18-29-41(45)54(9,10)11)60-46-33-22-19-30-42(46)55(12,13)14/h15-24,26-35,39H,1,25,36H2,2-14H3/b43-16+. The molecule has 1 aliphatic rings. The largest absolute Gasteiger partial charge is 0.530 e. The van der Waals surface area contributed by atoms with Gasteiger partial charge in [-0.2, -0.15) is 0 Å². The highest BCUT2D eigenvalue weighted by Gasteiger charge is 2.37. The van der Waals surface area contributed by atoms with E-state index in [4.69, 9.17) is 27.1 Å². The number of carbonyl (C=O) groups is 1. The van der Waals surface area contributed by atoms with Crippen LogP contribution in [-0.2, 0) is 27.2 Å². The Kier molecular flexibility index (Phi) is 14.8. The molecule has 0 amide bonds. The average molecular weight is 901 g/mol. The lowest BCUT2D eigenvalue weighted by molar-refractivity contribution is 0.103. The highest BCUT2D eigenvalue weighted by molar-refractivity contribution is 7.43. The maximum atomic E-state index is 15.2. The van der Waals surface area contributed by atoms with Crippen LogP contribution in [0.3, 0.4) is 0 Å². The highest BCUT2D eigenvalue weighted by atomic mass is 31.2. The minimum atomic E-state index is -2.15. The summed E-state index contributed by atoms with van der Waals surface area (Å²) in [4.78, 5) is 15.2. The quantitative estimate of drug-likeness (QED) is 0.0577. The van der Waals surface area contributed by atoms with Crippen LogP contribution in [0.15, 0.2) is 134 Å². The summed E-state index contributed by atoms with van der Waals surface area (Å²) in [6, 6.07) is 35.2. The second-order valence-electron chi connectivity index (χ2n) is 20.5. The maximum Gasteiger partial charge on any atom is 0.530 e. The Morgan fingerprint density at radius 2 is 0.906 bits per heavy atom. The van der Waals surface area contributed by atoms with Crippen molar-refractivity contribution in [3.63, 3.8) is 0 Å². The summed E-state index contributed by atoms with van der Waals surface area (Å²) in [6.45, 7) is 31.9. The van der Waals surface area contributed by atoms with Crippen LogP contribution >= 0.6 is 17.2 Å². The molecule has 9 heteroatoms. The van der Waals surface area contributed by atoms with Crippen LogP contribution < -0.4 is 22.6 Å². The zero-order valence-electron chi connectivity index (χ0n) is 40.0. The molecule has 1 aliphatic carbocycles. The second-order valence-corrected chi connectivity index (χ2v) is 22.4. The highest BCUT2D eigenvalue weighted by Crippen LogP contribution is 2.53. The van der Waals surface area contributed by atoms with Gasteiger partial charge in [0.25, 0.3) is 0 Å². The smallest absolute Gasteiger partial charge is 0.413 e. The van der Waals surface area contributed by atoms with Crippen molar-refractivity contribution in [1.29, 1.82) is 0 Å². The lowest BCUT2D eigenvalue weighted by Gasteiger charge is -2.33. The zero-order chi connectivity index (χ0) is 46.6. The molecule has 5 aromatic carbocycles. The number of benzene rings is 5. The van der Waals surface area contributed by atoms with Crippen LogP contribution in [0.25, 0.3) is 0 Å². The molecule has 0 aromatic heterocycles. The molecule has 64 heavy (non-hydrogen) atoms. The van der Waals surface area contributed by atoms with Gasteiger partial charge < -0.3 is 27.1 Å². The van der Waals surface area contributed by atoms with E-state index in [1.807, 2.05) is 110 Å². The Balaban J connectivity index is 1.41. The van der Waals surface area contributed by atoms with Crippen LogP contribution in [0.1, 0.15) is 140 Å². The van der Waals surface area contributed by atoms with E-state index in [0.717, 1.165) is 33.6 Å². The maximum absolute atomic E-state index is 15.2. The first-order chi connectivity index (χ1) is 30.1. The van der Waals surface area contributed by atoms with Gasteiger partial charge in [-0.15, -0.1) is 6.58 Å². The van der Waals surface area contributed by atoms with Crippen molar-refractivity contribution in [1.82, 2.24) is 0 Å². The molecule has 0 radical (unpaired) electrons. The fourth-order valence-corrected chi connectivity index (χ4v) is 10.1. The summed E-state index contributed by atoms with van der Waals surface area (Å²) in [6.07, 6.45) is 5.07. The normalized spacial score (nSPS) is 14.2. The van der Waals surface area contributed by atoms with Crippen LogP contribution in [-0.4, -0.2) is 5.78 Å². The van der Waals surface area contributed by atoms with Gasteiger partial charge in [-0.1, -0.05) is 168 Å². The van der Waals surface area contributed by atoms with Crippen molar-refractivity contribution in [2.75, 3.05) is 0 Å². The number of carbonyl (C=O) groups excluding carboxylic acids is 1. The monoisotopic (exact) mass is 900 g/mol. The molecule has 0 saturated carbocycles. The van der Waals surface area contributed by atoms with Gasteiger partial charge in [0.15, 0.2) is 0 Å². The number of ketones is 1. The molecule has 7 nitrogen and oxygen atoms in total. The number of rotatable bonds is 15. The van der Waals surface area contributed by atoms with Crippen molar-refractivity contribution in [3.8, 4) is 28.7 Å². The Bertz CT molecular complexity index is 2420. The number of para-hydroxylation sites is 3. The van der Waals surface area contributed by atoms with Crippen LogP contribution in [0.4, 0.5) is 0 Å². The minimum absolute atomic E-state index is 0.00646. The van der Waals surface area contributed by atoms with Gasteiger partial charge in [0, 0.05) is 22.6 Å². The zero-order valence-corrected chi connectivity index (χ0v) is 41.8. The molecule has 2 atom stereocenters. The summed E-state index contributed by atoms with van der Waals surface area (Å²) in [7, 11) is -4.29. The third kappa shape index (κ3) is 11.4. The summed E-state index contributed by atoms with van der Waals surface area (Å²) in [5.74, 6) is 3.16. The lowest BCUT2D eigenvalue weighted by atomic mass is 9.77. The van der Waals surface area contributed by atoms with E-state index in [2.05, 4.69) is 108 Å². The van der Waals surface area contributed by atoms with E-state index in [9.17, 15) is 0 Å². The molecular formula is C55H66O7P2. The van der Waals surface area contributed by atoms with Gasteiger partial charge in [0.05, 0.1) is 11.1 Å². The van der Waals surface area contributed by atoms with Crippen molar-refractivity contribution in [2.45, 2.75) is 119 Å². The summed E-state index contributed by atoms with van der Waals surface area (Å²) in [5.41, 5.74) is 4.70. The van der Waals surface area contributed by atoms with Crippen molar-refractivity contribution in [3.05, 3.63) is 173 Å². The van der Waals surface area contributed by atoms with Gasteiger partial charge in [-0.3, -0.25) is 4.79 Å². The Hall–Kier alpha value is -5.09. The molecule has 0 spiro atoms. The molecule has 6 rings (SSSR count). The fourth-order valence-electron chi connectivity index (χ4n) is 7.92. The van der Waals surface area contributed by atoms with E-state index >= 15 is 4.79 Å². The van der Waals surface area contributed by atoms with Gasteiger partial charge in [-0.25, -0.2) is 0 Å². The molecule has 0 saturated heterocycles. The third-order valence-electron chi connectivity index (χ3n) is 11.3. The molecule has 0 N–H and O–H groups in total. The summed E-state index contributed by atoms with van der Waals surface area (Å²) in [5, 5.41) is 0. The van der Waals surface area contributed by atoms with Gasteiger partial charge in [0.2, 0.25) is 5.78 Å². The van der Waals surface area contributed by atoms with Crippen molar-refractivity contribution >= 4 is 23.0 Å². The Morgan fingerprint density at radius 1 is 0.547 bits per heavy atom. The van der Waals surface area contributed by atoms with E-state index in [1.165, 1.54) is 0 Å². The van der Waals surface area contributed by atoms with Crippen LogP contribution in [0.5, 0.6) is 28.7 Å². The van der Waals surface area contributed by atoms with E-state index in [-0.39, 0.29) is 33.4 Å². The lowest BCUT2D eigenvalue weighted by Crippen LogP contribution is -2.23. The summed E-state index contributed by atoms with van der Waals surface area (Å²) >= 11 is 0. The first-order valence-electron chi connectivity index (χ1n) is 22.1. The first kappa shape index (κ1) is 48.4. The van der Waals surface area contributed by atoms with Crippen LogP contribution in [0, 0.1) is 11.3 Å². The topological polar surface area (TPSA) is 72.5 Å².